The minimum atomic E-state index is -0.0452. The average Bonchev–Trinajstić information content (AvgIpc) is 2.77. The summed E-state index contributed by atoms with van der Waals surface area (Å²) in [6.07, 6.45) is 24.5. The second-order valence-corrected chi connectivity index (χ2v) is 9.19. The summed E-state index contributed by atoms with van der Waals surface area (Å²) < 4.78 is 6.58. The number of aliphatic hydroxyl groups is 2. The van der Waals surface area contributed by atoms with Crippen LogP contribution in [-0.4, -0.2) is 22.4 Å². The molecule has 2 N–H and O–H groups in total. The third kappa shape index (κ3) is 4.72. The minimum Gasteiger partial charge on any atom is -0.508 e. The van der Waals surface area contributed by atoms with Crippen molar-refractivity contribution < 1.29 is 14.9 Å². The van der Waals surface area contributed by atoms with Gasteiger partial charge in [0.05, 0.1) is 12.2 Å². The highest BCUT2D eigenvalue weighted by Gasteiger charge is 2.47. The predicted octanol–water partition coefficient (Wildman–Crippen LogP) is 7.25. The van der Waals surface area contributed by atoms with Crippen LogP contribution < -0.4 is 0 Å². The lowest BCUT2D eigenvalue weighted by Crippen LogP contribution is -2.45. The number of hydrogen-bond acceptors (Lipinski definition) is 3. The Morgan fingerprint density at radius 2 is 1.32 bits per heavy atom. The zero-order chi connectivity index (χ0) is 21.8. The van der Waals surface area contributed by atoms with Gasteiger partial charge in [-0.2, -0.15) is 0 Å². The molecule has 164 valence electrons. The smallest absolute Gasteiger partial charge is 0.115 e. The van der Waals surface area contributed by atoms with Gasteiger partial charge in [-0.05, 0) is 85.1 Å². The number of allylic oxidation sites excluding steroid dienone is 8. The highest BCUT2D eigenvalue weighted by atomic mass is 16.5. The van der Waals surface area contributed by atoms with E-state index in [-0.39, 0.29) is 17.6 Å². The van der Waals surface area contributed by atoms with Crippen molar-refractivity contribution in [2.24, 2.45) is 5.41 Å². The normalized spacial score (nSPS) is 30.7. The zero-order valence-corrected chi connectivity index (χ0v) is 18.4. The SMILES string of the molecule is C=C1[C@H](C/C=C2/C=C(O)C=CC2)O[C@H](C/C=C2/C=C(O)C=CC2)C(=C)C12CCCCC2. The molecule has 4 rings (SSSR count). The third-order valence-corrected chi connectivity index (χ3v) is 7.18. The maximum atomic E-state index is 9.80. The van der Waals surface area contributed by atoms with Gasteiger partial charge < -0.3 is 14.9 Å². The highest BCUT2D eigenvalue weighted by Crippen LogP contribution is 2.54. The molecule has 0 aromatic rings. The van der Waals surface area contributed by atoms with Crippen LogP contribution in [0.2, 0.25) is 0 Å². The summed E-state index contributed by atoms with van der Waals surface area (Å²) in [5.74, 6) is 0.612. The Balaban J connectivity index is 1.55. The molecule has 1 saturated carbocycles. The van der Waals surface area contributed by atoms with E-state index >= 15 is 0 Å². The lowest BCUT2D eigenvalue weighted by Gasteiger charge is -2.50. The van der Waals surface area contributed by atoms with Crippen LogP contribution >= 0.6 is 0 Å². The largest absolute Gasteiger partial charge is 0.508 e. The Bertz CT molecular complexity index is 848. The first-order valence-electron chi connectivity index (χ1n) is 11.5. The van der Waals surface area contributed by atoms with E-state index in [9.17, 15) is 10.2 Å². The van der Waals surface area contributed by atoms with Crippen LogP contribution in [0.3, 0.4) is 0 Å². The van der Waals surface area contributed by atoms with E-state index in [1.165, 1.54) is 30.4 Å². The molecule has 1 heterocycles. The lowest BCUT2D eigenvalue weighted by molar-refractivity contribution is -0.0221. The molecule has 4 aliphatic rings. The molecule has 1 aliphatic heterocycles. The molecule has 0 radical (unpaired) electrons. The summed E-state index contributed by atoms with van der Waals surface area (Å²) in [5, 5.41) is 19.6. The van der Waals surface area contributed by atoms with E-state index in [1.807, 2.05) is 24.3 Å². The van der Waals surface area contributed by atoms with Gasteiger partial charge in [0.25, 0.3) is 0 Å². The van der Waals surface area contributed by atoms with E-state index in [4.69, 9.17) is 4.74 Å². The summed E-state index contributed by atoms with van der Waals surface area (Å²) in [6, 6.07) is 0. The Labute approximate surface area is 186 Å². The summed E-state index contributed by atoms with van der Waals surface area (Å²) in [4.78, 5) is 0. The lowest BCUT2D eigenvalue weighted by atomic mass is 9.61. The van der Waals surface area contributed by atoms with E-state index in [0.29, 0.717) is 11.5 Å². The van der Waals surface area contributed by atoms with Gasteiger partial charge in [0.15, 0.2) is 0 Å². The van der Waals surface area contributed by atoms with Crippen molar-refractivity contribution in [1.82, 2.24) is 0 Å². The van der Waals surface area contributed by atoms with Crippen molar-refractivity contribution >= 4 is 0 Å². The van der Waals surface area contributed by atoms with Gasteiger partial charge in [0.1, 0.15) is 11.5 Å². The average molecular weight is 419 g/mol. The van der Waals surface area contributed by atoms with Crippen molar-refractivity contribution in [2.45, 2.75) is 70.0 Å². The second kappa shape index (κ2) is 9.32. The molecule has 1 spiro atoms. The molecule has 0 unspecified atom stereocenters. The van der Waals surface area contributed by atoms with Crippen molar-refractivity contribution in [3.05, 3.63) is 95.6 Å². The Morgan fingerprint density at radius 3 is 1.77 bits per heavy atom. The van der Waals surface area contributed by atoms with Crippen molar-refractivity contribution in [1.29, 1.82) is 0 Å². The fourth-order valence-corrected chi connectivity index (χ4v) is 5.41. The van der Waals surface area contributed by atoms with Gasteiger partial charge in [0.2, 0.25) is 0 Å². The first-order valence-corrected chi connectivity index (χ1v) is 11.5. The van der Waals surface area contributed by atoms with Gasteiger partial charge in [-0.15, -0.1) is 0 Å². The molecule has 3 aliphatic carbocycles. The van der Waals surface area contributed by atoms with Crippen LogP contribution in [-0.2, 0) is 4.74 Å². The van der Waals surface area contributed by atoms with E-state index < -0.39 is 0 Å². The van der Waals surface area contributed by atoms with Crippen LogP contribution in [0, 0.1) is 5.41 Å². The van der Waals surface area contributed by atoms with Gasteiger partial charge >= 0.3 is 0 Å². The van der Waals surface area contributed by atoms with Gasteiger partial charge in [0, 0.05) is 5.41 Å². The molecule has 3 nitrogen and oxygen atoms in total. The Hall–Kier alpha value is -2.52. The molecular weight excluding hydrogens is 384 g/mol. The van der Waals surface area contributed by atoms with E-state index in [2.05, 4.69) is 25.3 Å². The van der Waals surface area contributed by atoms with Crippen molar-refractivity contribution in [3.63, 3.8) is 0 Å². The number of ether oxygens (including phenoxy) is 1. The number of rotatable bonds is 4. The molecule has 0 amide bonds. The number of hydrogen-bond donors (Lipinski definition) is 2. The van der Waals surface area contributed by atoms with Crippen LogP contribution in [0.1, 0.15) is 57.8 Å². The van der Waals surface area contributed by atoms with E-state index in [0.717, 1.165) is 49.7 Å². The molecule has 0 aromatic heterocycles. The monoisotopic (exact) mass is 418 g/mol. The minimum absolute atomic E-state index is 0.0300. The zero-order valence-electron chi connectivity index (χ0n) is 18.4. The molecular formula is C28H34O3. The quantitative estimate of drug-likeness (QED) is 0.473. The van der Waals surface area contributed by atoms with Crippen molar-refractivity contribution in [3.8, 4) is 0 Å². The maximum absolute atomic E-state index is 9.80. The second-order valence-electron chi connectivity index (χ2n) is 9.19. The van der Waals surface area contributed by atoms with Crippen LogP contribution in [0.4, 0.5) is 0 Å². The summed E-state index contributed by atoms with van der Waals surface area (Å²) in [7, 11) is 0. The molecule has 2 atom stereocenters. The highest BCUT2D eigenvalue weighted by molar-refractivity contribution is 5.39. The topological polar surface area (TPSA) is 49.7 Å². The summed E-state index contributed by atoms with van der Waals surface area (Å²) in [5.41, 5.74) is 4.56. The molecule has 31 heavy (non-hydrogen) atoms. The molecule has 0 aromatic carbocycles. The fourth-order valence-electron chi connectivity index (χ4n) is 5.41. The van der Waals surface area contributed by atoms with Crippen molar-refractivity contribution in [2.75, 3.05) is 0 Å². The fraction of sp³-hybridized carbons (Fsp3) is 0.429. The van der Waals surface area contributed by atoms with Gasteiger partial charge in [-0.3, -0.25) is 0 Å². The Kier molecular flexibility index (Phi) is 6.52. The maximum Gasteiger partial charge on any atom is 0.115 e. The molecule has 3 heteroatoms. The van der Waals surface area contributed by atoms with Gasteiger partial charge in [-0.25, -0.2) is 0 Å². The molecule has 1 saturated heterocycles. The van der Waals surface area contributed by atoms with Crippen LogP contribution in [0.15, 0.2) is 95.6 Å². The summed E-state index contributed by atoms with van der Waals surface area (Å²) >= 11 is 0. The first-order chi connectivity index (χ1) is 15.0. The predicted molar refractivity (Wildman–Crippen MR) is 127 cm³/mol. The summed E-state index contributed by atoms with van der Waals surface area (Å²) in [6.45, 7) is 9.07. The Morgan fingerprint density at radius 1 is 0.839 bits per heavy atom. The van der Waals surface area contributed by atoms with E-state index in [1.54, 1.807) is 12.2 Å². The molecule has 2 fully saturated rings. The standard InChI is InChI=1S/C28H34O3/c1-20-26(14-12-22-8-6-10-24(29)18-22)31-27(15-13-23-9-7-11-25(30)19-23)21(2)28(20)16-4-3-5-17-28/h6-7,10-13,18-19,26-27,29-30H,1-5,8-9,14-17H2/b22-12+,23-13+/t26-,27+. The number of aliphatic hydroxyl groups excluding tert-OH is 2. The van der Waals surface area contributed by atoms with Gasteiger partial charge in [-0.1, -0.05) is 56.7 Å². The third-order valence-electron chi connectivity index (χ3n) is 7.18. The molecule has 0 bridgehead atoms. The van der Waals surface area contributed by atoms with Crippen LogP contribution in [0.25, 0.3) is 0 Å². The van der Waals surface area contributed by atoms with Crippen LogP contribution in [0.5, 0.6) is 0 Å². The first kappa shape index (κ1) is 21.7.